The van der Waals surface area contributed by atoms with Gasteiger partial charge in [-0.25, -0.2) is 9.97 Å². The van der Waals surface area contributed by atoms with Gasteiger partial charge < -0.3 is 25.0 Å². The van der Waals surface area contributed by atoms with Crippen molar-refractivity contribution < 1.29 is 9.90 Å². The Labute approximate surface area is 190 Å². The second-order valence-corrected chi connectivity index (χ2v) is 8.64. The Morgan fingerprint density at radius 1 is 1.15 bits per heavy atom. The van der Waals surface area contributed by atoms with Crippen LogP contribution < -0.4 is 15.5 Å². The molecule has 0 aliphatic carbocycles. The normalized spacial score (nSPS) is 17.8. The van der Waals surface area contributed by atoms with Gasteiger partial charge in [0.2, 0.25) is 5.91 Å². The highest BCUT2D eigenvalue weighted by molar-refractivity contribution is 5.99. The van der Waals surface area contributed by atoms with Gasteiger partial charge in [-0.3, -0.25) is 4.79 Å². The highest BCUT2D eigenvalue weighted by Crippen LogP contribution is 2.31. The third-order valence-corrected chi connectivity index (χ3v) is 6.30. The van der Waals surface area contributed by atoms with Gasteiger partial charge in [0, 0.05) is 54.3 Å². The van der Waals surface area contributed by atoms with Gasteiger partial charge >= 0.3 is 0 Å². The molecule has 0 radical (unpaired) electrons. The molecule has 1 saturated heterocycles. The first-order valence-corrected chi connectivity index (χ1v) is 11.2. The van der Waals surface area contributed by atoms with Crippen LogP contribution in [0.4, 0.5) is 22.9 Å². The molecule has 4 heterocycles. The van der Waals surface area contributed by atoms with Crippen molar-refractivity contribution in [1.82, 2.24) is 14.4 Å². The van der Waals surface area contributed by atoms with E-state index in [1.807, 2.05) is 47.1 Å². The number of nitrogens with zero attached hydrogens (tertiary/aromatic N) is 4. The Kier molecular flexibility index (Phi) is 4.73. The van der Waals surface area contributed by atoms with Gasteiger partial charge in [0.25, 0.3) is 0 Å². The second kappa shape index (κ2) is 7.90. The smallest absolute Gasteiger partial charge is 0.228 e. The zero-order valence-electron chi connectivity index (χ0n) is 18.0. The lowest BCUT2D eigenvalue weighted by Gasteiger charge is -2.32. The zero-order valence-corrected chi connectivity index (χ0v) is 18.0. The van der Waals surface area contributed by atoms with Crippen LogP contribution in [0.3, 0.4) is 0 Å². The van der Waals surface area contributed by atoms with E-state index in [-0.39, 0.29) is 12.0 Å². The molecule has 8 nitrogen and oxygen atoms in total. The minimum atomic E-state index is -0.259. The summed E-state index contributed by atoms with van der Waals surface area (Å²) in [6, 6.07) is 14.1. The maximum atomic E-state index is 11.7. The number of fused-ring (bicyclic) bond motifs is 2. The van der Waals surface area contributed by atoms with Crippen LogP contribution >= 0.6 is 0 Å². The number of aliphatic hydroxyl groups is 1. The predicted molar refractivity (Wildman–Crippen MR) is 128 cm³/mol. The van der Waals surface area contributed by atoms with E-state index in [0.717, 1.165) is 58.9 Å². The molecule has 4 aromatic rings. The van der Waals surface area contributed by atoms with Gasteiger partial charge in [0.1, 0.15) is 0 Å². The zero-order chi connectivity index (χ0) is 22.4. The topological polar surface area (TPSA) is 94.8 Å². The number of hydrogen-bond donors (Lipinski definition) is 3. The minimum Gasteiger partial charge on any atom is -0.391 e. The molecule has 2 aromatic carbocycles. The van der Waals surface area contributed by atoms with Crippen molar-refractivity contribution in [2.24, 2.45) is 0 Å². The van der Waals surface area contributed by atoms with Gasteiger partial charge in [0.15, 0.2) is 11.5 Å². The fraction of sp³-hybridized carbons (Fsp3) is 0.240. The standard InChI is InChI=1S/C25H24N6O2/c32-20-2-1-10-30(14-20)19-7-5-18(6-8-19)27-24-25-26-9-11-31(25)15-22(29-24)16-3-4-17-13-23(33)28-21(17)12-16/h3-9,11-12,15,20,32H,1-2,10,13-14H2,(H,27,29)(H,28,33)/t20-/m1/s1. The van der Waals surface area contributed by atoms with E-state index >= 15 is 0 Å². The molecule has 2 aromatic heterocycles. The molecule has 0 saturated carbocycles. The molecule has 2 aliphatic rings. The average Bonchev–Trinajstić information content (AvgIpc) is 3.44. The number of hydrogen-bond acceptors (Lipinski definition) is 6. The number of β-amino-alcohol motifs (C(OH)–C–C–N with tert-alkyl or cyclic N) is 1. The van der Waals surface area contributed by atoms with Crippen molar-refractivity contribution in [2.75, 3.05) is 28.6 Å². The van der Waals surface area contributed by atoms with Crippen molar-refractivity contribution in [2.45, 2.75) is 25.4 Å². The van der Waals surface area contributed by atoms with E-state index < -0.39 is 0 Å². The van der Waals surface area contributed by atoms with E-state index in [2.05, 4.69) is 32.7 Å². The summed E-state index contributed by atoms with van der Waals surface area (Å²) in [6.45, 7) is 1.63. The molecule has 2 aliphatic heterocycles. The van der Waals surface area contributed by atoms with Crippen LogP contribution in [-0.2, 0) is 11.2 Å². The van der Waals surface area contributed by atoms with E-state index in [9.17, 15) is 9.90 Å². The summed E-state index contributed by atoms with van der Waals surface area (Å²) in [4.78, 5) is 23.3. The quantitative estimate of drug-likeness (QED) is 0.449. The fourth-order valence-electron chi connectivity index (χ4n) is 4.61. The van der Waals surface area contributed by atoms with Gasteiger partial charge in [0.05, 0.1) is 18.2 Å². The van der Waals surface area contributed by atoms with Crippen molar-refractivity contribution in [3.63, 3.8) is 0 Å². The lowest BCUT2D eigenvalue weighted by Crippen LogP contribution is -2.38. The summed E-state index contributed by atoms with van der Waals surface area (Å²) in [5.74, 6) is 0.674. The van der Waals surface area contributed by atoms with Crippen LogP contribution in [0.5, 0.6) is 0 Å². The minimum absolute atomic E-state index is 0.0186. The Morgan fingerprint density at radius 3 is 2.88 bits per heavy atom. The maximum Gasteiger partial charge on any atom is 0.228 e. The Bertz CT molecular complexity index is 1350. The van der Waals surface area contributed by atoms with Gasteiger partial charge in [-0.2, -0.15) is 0 Å². The van der Waals surface area contributed by atoms with Crippen molar-refractivity contribution in [1.29, 1.82) is 0 Å². The number of rotatable bonds is 4. The van der Waals surface area contributed by atoms with Gasteiger partial charge in [-0.05, 0) is 48.7 Å². The number of aromatic nitrogens is 3. The number of imidazole rings is 1. The number of benzene rings is 2. The molecule has 1 fully saturated rings. The molecular weight excluding hydrogens is 416 g/mol. The summed E-state index contributed by atoms with van der Waals surface area (Å²) in [5, 5.41) is 16.3. The van der Waals surface area contributed by atoms with E-state index in [1.54, 1.807) is 6.20 Å². The van der Waals surface area contributed by atoms with Gasteiger partial charge in [-0.15, -0.1) is 0 Å². The van der Waals surface area contributed by atoms with E-state index in [0.29, 0.717) is 18.8 Å². The first-order chi connectivity index (χ1) is 16.1. The van der Waals surface area contributed by atoms with Crippen LogP contribution in [0, 0.1) is 0 Å². The molecule has 33 heavy (non-hydrogen) atoms. The molecule has 0 bridgehead atoms. The molecule has 3 N–H and O–H groups in total. The van der Waals surface area contributed by atoms with Crippen LogP contribution in [0.2, 0.25) is 0 Å². The molecule has 1 atom stereocenters. The Hall–Kier alpha value is -3.91. The van der Waals surface area contributed by atoms with E-state index in [4.69, 9.17) is 4.98 Å². The number of piperidine rings is 1. The summed E-state index contributed by atoms with van der Waals surface area (Å²) in [6.07, 6.45) is 7.62. The lowest BCUT2D eigenvalue weighted by atomic mass is 10.1. The first kappa shape index (κ1) is 19.8. The summed E-state index contributed by atoms with van der Waals surface area (Å²) >= 11 is 0. The van der Waals surface area contributed by atoms with Crippen LogP contribution in [0.15, 0.2) is 61.1 Å². The highest BCUT2D eigenvalue weighted by atomic mass is 16.3. The molecule has 1 amide bonds. The molecule has 6 rings (SSSR count). The molecule has 166 valence electrons. The van der Waals surface area contributed by atoms with Crippen LogP contribution in [0.1, 0.15) is 18.4 Å². The second-order valence-electron chi connectivity index (χ2n) is 8.64. The number of carbonyl (C=O) groups excluding carboxylic acids is 1. The highest BCUT2D eigenvalue weighted by Gasteiger charge is 2.20. The monoisotopic (exact) mass is 440 g/mol. The summed E-state index contributed by atoms with van der Waals surface area (Å²) in [7, 11) is 0. The maximum absolute atomic E-state index is 11.7. The van der Waals surface area contributed by atoms with Crippen LogP contribution in [0.25, 0.3) is 16.9 Å². The number of anilines is 4. The molecular formula is C25H24N6O2. The molecule has 0 unspecified atom stereocenters. The Balaban J connectivity index is 1.30. The largest absolute Gasteiger partial charge is 0.391 e. The third kappa shape index (κ3) is 3.78. The number of amides is 1. The van der Waals surface area contributed by atoms with Gasteiger partial charge in [-0.1, -0.05) is 12.1 Å². The third-order valence-electron chi connectivity index (χ3n) is 6.30. The number of nitrogens with one attached hydrogen (secondary N) is 2. The Morgan fingerprint density at radius 2 is 2.03 bits per heavy atom. The first-order valence-electron chi connectivity index (χ1n) is 11.2. The number of aliphatic hydroxyl groups excluding tert-OH is 1. The van der Waals surface area contributed by atoms with E-state index in [1.165, 1.54) is 0 Å². The van der Waals surface area contributed by atoms with Crippen molar-refractivity contribution in [3.8, 4) is 11.3 Å². The lowest BCUT2D eigenvalue weighted by molar-refractivity contribution is -0.115. The fourth-order valence-corrected chi connectivity index (χ4v) is 4.61. The average molecular weight is 441 g/mol. The molecule has 0 spiro atoms. The summed E-state index contributed by atoms with van der Waals surface area (Å²) in [5.41, 5.74) is 6.31. The van der Waals surface area contributed by atoms with Crippen molar-refractivity contribution >= 4 is 34.4 Å². The number of carbonyl (C=O) groups is 1. The SMILES string of the molecule is O=C1Cc2ccc(-c3cn4ccnc4c(Nc4ccc(N5CCC[C@@H](O)C5)cc4)n3)cc2N1. The van der Waals surface area contributed by atoms with Crippen molar-refractivity contribution in [3.05, 3.63) is 66.6 Å². The summed E-state index contributed by atoms with van der Waals surface area (Å²) < 4.78 is 1.94. The van der Waals surface area contributed by atoms with Crippen LogP contribution in [-0.4, -0.2) is 44.6 Å². The molecule has 8 heteroatoms. The predicted octanol–water partition coefficient (Wildman–Crippen LogP) is 3.60.